The Morgan fingerprint density at radius 3 is 2.60 bits per heavy atom. The molecular weight excluding hydrogens is 254 g/mol. The minimum atomic E-state index is 0.0218. The van der Waals surface area contributed by atoms with Gasteiger partial charge in [0.05, 0.1) is 0 Å². The van der Waals surface area contributed by atoms with Gasteiger partial charge in [0, 0.05) is 12.0 Å². The molecule has 0 aliphatic rings. The maximum Gasteiger partial charge on any atom is 0.229 e. The van der Waals surface area contributed by atoms with Gasteiger partial charge in [-0.05, 0) is 31.0 Å². The van der Waals surface area contributed by atoms with Crippen molar-refractivity contribution in [1.29, 1.82) is 0 Å². The van der Waals surface area contributed by atoms with Crippen LogP contribution in [-0.4, -0.2) is 10.1 Å². The molecule has 2 aromatic rings. The lowest BCUT2D eigenvalue weighted by atomic mass is 10.1. The highest BCUT2D eigenvalue weighted by atomic mass is 16.5. The fourth-order valence-electron chi connectivity index (χ4n) is 1.82. The summed E-state index contributed by atoms with van der Waals surface area (Å²) >= 11 is 0. The van der Waals surface area contributed by atoms with Gasteiger partial charge in [-0.25, -0.2) is 0 Å². The Kier molecular flexibility index (Phi) is 4.39. The van der Waals surface area contributed by atoms with Crippen molar-refractivity contribution in [3.8, 4) is 5.75 Å². The SMILES string of the molecule is Cc1cc([C@H](C)N)ccc1OCc1noc(C(C)C)n1. The van der Waals surface area contributed by atoms with E-state index in [1.807, 2.05) is 45.9 Å². The zero-order valence-electron chi connectivity index (χ0n) is 12.4. The van der Waals surface area contributed by atoms with Crippen LogP contribution in [0.25, 0.3) is 0 Å². The topological polar surface area (TPSA) is 74.2 Å². The molecule has 1 aromatic heterocycles. The first-order valence-electron chi connectivity index (χ1n) is 6.78. The Morgan fingerprint density at radius 2 is 2.05 bits per heavy atom. The highest BCUT2D eigenvalue weighted by Crippen LogP contribution is 2.22. The molecule has 1 heterocycles. The fraction of sp³-hybridized carbons (Fsp3) is 0.467. The molecule has 0 radical (unpaired) electrons. The van der Waals surface area contributed by atoms with E-state index < -0.39 is 0 Å². The van der Waals surface area contributed by atoms with E-state index in [1.165, 1.54) is 0 Å². The van der Waals surface area contributed by atoms with Crippen LogP contribution >= 0.6 is 0 Å². The van der Waals surface area contributed by atoms with Crippen molar-refractivity contribution in [2.75, 3.05) is 0 Å². The summed E-state index contributed by atoms with van der Waals surface area (Å²) < 4.78 is 10.9. The monoisotopic (exact) mass is 275 g/mol. The van der Waals surface area contributed by atoms with Crippen LogP contribution in [0.3, 0.4) is 0 Å². The second-order valence-corrected chi connectivity index (χ2v) is 5.31. The van der Waals surface area contributed by atoms with Gasteiger partial charge >= 0.3 is 0 Å². The highest BCUT2D eigenvalue weighted by Gasteiger charge is 2.11. The molecular formula is C15H21N3O2. The van der Waals surface area contributed by atoms with E-state index >= 15 is 0 Å². The Bertz CT molecular complexity index is 576. The lowest BCUT2D eigenvalue weighted by molar-refractivity contribution is 0.282. The van der Waals surface area contributed by atoms with Gasteiger partial charge in [0.15, 0.2) is 6.61 Å². The molecule has 5 heteroatoms. The molecule has 0 saturated heterocycles. The molecule has 5 nitrogen and oxygen atoms in total. The molecule has 1 aromatic carbocycles. The van der Waals surface area contributed by atoms with Gasteiger partial charge in [-0.3, -0.25) is 0 Å². The Morgan fingerprint density at radius 1 is 1.30 bits per heavy atom. The third kappa shape index (κ3) is 3.36. The zero-order valence-corrected chi connectivity index (χ0v) is 12.4. The molecule has 0 unspecified atom stereocenters. The van der Waals surface area contributed by atoms with E-state index in [9.17, 15) is 0 Å². The van der Waals surface area contributed by atoms with Crippen LogP contribution in [0.1, 0.15) is 55.6 Å². The molecule has 0 fully saturated rings. The summed E-state index contributed by atoms with van der Waals surface area (Å²) in [4.78, 5) is 4.28. The summed E-state index contributed by atoms with van der Waals surface area (Å²) in [6, 6.07) is 5.96. The van der Waals surface area contributed by atoms with E-state index in [0.29, 0.717) is 18.3 Å². The van der Waals surface area contributed by atoms with E-state index in [2.05, 4.69) is 10.1 Å². The molecule has 0 amide bonds. The summed E-state index contributed by atoms with van der Waals surface area (Å²) in [7, 11) is 0. The minimum Gasteiger partial charge on any atom is -0.485 e. The standard InChI is InChI=1S/C15H21N3O2/c1-9(2)15-17-14(18-20-15)8-19-13-6-5-12(11(4)16)7-10(13)3/h5-7,9,11H,8,16H2,1-4H3/t11-/m0/s1. The second-order valence-electron chi connectivity index (χ2n) is 5.31. The van der Waals surface area contributed by atoms with Crippen molar-refractivity contribution in [3.05, 3.63) is 41.0 Å². The van der Waals surface area contributed by atoms with Crippen LogP contribution in [0.5, 0.6) is 5.75 Å². The summed E-state index contributed by atoms with van der Waals surface area (Å²) in [5, 5.41) is 3.90. The van der Waals surface area contributed by atoms with Gasteiger partial charge in [0.1, 0.15) is 5.75 Å². The molecule has 0 aliphatic carbocycles. The zero-order chi connectivity index (χ0) is 14.7. The van der Waals surface area contributed by atoms with E-state index in [-0.39, 0.29) is 12.0 Å². The van der Waals surface area contributed by atoms with E-state index in [4.69, 9.17) is 15.0 Å². The van der Waals surface area contributed by atoms with Crippen molar-refractivity contribution in [3.63, 3.8) is 0 Å². The number of ether oxygens (including phenoxy) is 1. The van der Waals surface area contributed by atoms with Gasteiger partial charge in [-0.2, -0.15) is 4.98 Å². The van der Waals surface area contributed by atoms with Crippen LogP contribution in [-0.2, 0) is 6.61 Å². The molecule has 0 bridgehead atoms. The molecule has 0 aliphatic heterocycles. The van der Waals surface area contributed by atoms with Crippen LogP contribution in [0.4, 0.5) is 0 Å². The minimum absolute atomic E-state index is 0.0218. The number of nitrogens with two attached hydrogens (primary N) is 1. The van der Waals surface area contributed by atoms with Gasteiger partial charge in [0.2, 0.25) is 11.7 Å². The highest BCUT2D eigenvalue weighted by molar-refractivity contribution is 5.37. The van der Waals surface area contributed by atoms with Gasteiger partial charge in [-0.1, -0.05) is 31.1 Å². The van der Waals surface area contributed by atoms with Crippen LogP contribution < -0.4 is 10.5 Å². The van der Waals surface area contributed by atoms with Crippen molar-refractivity contribution in [2.24, 2.45) is 5.73 Å². The summed E-state index contributed by atoms with van der Waals surface area (Å²) in [6.07, 6.45) is 0. The van der Waals surface area contributed by atoms with Gasteiger partial charge < -0.3 is 15.0 Å². The molecule has 20 heavy (non-hydrogen) atoms. The van der Waals surface area contributed by atoms with Crippen molar-refractivity contribution in [2.45, 2.75) is 46.3 Å². The quantitative estimate of drug-likeness (QED) is 0.907. The van der Waals surface area contributed by atoms with E-state index in [0.717, 1.165) is 16.9 Å². The summed E-state index contributed by atoms with van der Waals surface area (Å²) in [5.41, 5.74) is 8.00. The molecule has 2 rings (SSSR count). The number of benzene rings is 1. The van der Waals surface area contributed by atoms with Gasteiger partial charge in [-0.15, -0.1) is 0 Å². The smallest absolute Gasteiger partial charge is 0.229 e. The number of nitrogens with zero attached hydrogens (tertiary/aromatic N) is 2. The van der Waals surface area contributed by atoms with Crippen LogP contribution in [0.15, 0.2) is 22.7 Å². The number of aryl methyl sites for hydroxylation is 1. The molecule has 108 valence electrons. The largest absolute Gasteiger partial charge is 0.485 e. The number of rotatable bonds is 5. The van der Waals surface area contributed by atoms with Crippen molar-refractivity contribution in [1.82, 2.24) is 10.1 Å². The molecule has 0 spiro atoms. The van der Waals surface area contributed by atoms with Crippen molar-refractivity contribution >= 4 is 0 Å². The lowest BCUT2D eigenvalue weighted by Gasteiger charge is -2.11. The Balaban J connectivity index is 2.03. The predicted molar refractivity (Wildman–Crippen MR) is 76.5 cm³/mol. The maximum atomic E-state index is 5.86. The average Bonchev–Trinajstić information content (AvgIpc) is 2.86. The number of hydrogen-bond acceptors (Lipinski definition) is 5. The summed E-state index contributed by atoms with van der Waals surface area (Å²) in [6.45, 7) is 8.28. The van der Waals surface area contributed by atoms with Crippen LogP contribution in [0, 0.1) is 6.92 Å². The normalized spacial score (nSPS) is 12.7. The molecule has 2 N–H and O–H groups in total. The Labute approximate surface area is 119 Å². The first-order chi connectivity index (χ1) is 9.47. The first-order valence-corrected chi connectivity index (χ1v) is 6.78. The van der Waals surface area contributed by atoms with Crippen LogP contribution in [0.2, 0.25) is 0 Å². The molecule has 0 saturated carbocycles. The third-order valence-electron chi connectivity index (χ3n) is 3.06. The Hall–Kier alpha value is -1.88. The molecule has 1 atom stereocenters. The second kappa shape index (κ2) is 6.05. The summed E-state index contributed by atoms with van der Waals surface area (Å²) in [5.74, 6) is 2.23. The lowest BCUT2D eigenvalue weighted by Crippen LogP contribution is -2.06. The number of aromatic nitrogens is 2. The predicted octanol–water partition coefficient (Wildman–Crippen LogP) is 3.10. The first kappa shape index (κ1) is 14.5. The average molecular weight is 275 g/mol. The number of hydrogen-bond donors (Lipinski definition) is 1. The maximum absolute atomic E-state index is 5.86. The third-order valence-corrected chi connectivity index (χ3v) is 3.06. The van der Waals surface area contributed by atoms with E-state index in [1.54, 1.807) is 0 Å². The van der Waals surface area contributed by atoms with Crippen molar-refractivity contribution < 1.29 is 9.26 Å². The van der Waals surface area contributed by atoms with Gasteiger partial charge in [0.25, 0.3) is 0 Å². The fourth-order valence-corrected chi connectivity index (χ4v) is 1.82.